The molecule has 2 aromatic carbocycles. The van der Waals surface area contributed by atoms with Crippen molar-refractivity contribution in [2.24, 2.45) is 0 Å². The summed E-state index contributed by atoms with van der Waals surface area (Å²) in [5.41, 5.74) is 1.68. The molecule has 5 aromatic rings. The zero-order valence-electron chi connectivity index (χ0n) is 25.4. The van der Waals surface area contributed by atoms with Crippen LogP contribution in [0.2, 0.25) is 5.02 Å². The maximum atomic E-state index is 12.7. The molecule has 3 aromatic heterocycles. The number of hydrogen-bond acceptors (Lipinski definition) is 11. The van der Waals surface area contributed by atoms with Crippen LogP contribution in [0.25, 0.3) is 10.9 Å². The largest absolute Gasteiger partial charge is 0.494 e. The van der Waals surface area contributed by atoms with Gasteiger partial charge >= 0.3 is 0 Å². The van der Waals surface area contributed by atoms with Crippen LogP contribution >= 0.6 is 11.6 Å². The fourth-order valence-corrected chi connectivity index (χ4v) is 6.32. The number of pyridine rings is 1. The van der Waals surface area contributed by atoms with Crippen LogP contribution in [0.3, 0.4) is 0 Å². The highest BCUT2D eigenvalue weighted by molar-refractivity contribution is 7.90. The third-order valence-electron chi connectivity index (χ3n) is 7.56. The van der Waals surface area contributed by atoms with Crippen LogP contribution in [0.4, 0.5) is 23.1 Å². The average molecular weight is 664 g/mol. The van der Waals surface area contributed by atoms with Gasteiger partial charge in [-0.05, 0) is 57.1 Å². The lowest BCUT2D eigenvalue weighted by molar-refractivity contribution is 0.231. The number of para-hydroxylation sites is 1. The van der Waals surface area contributed by atoms with Crippen molar-refractivity contribution < 1.29 is 22.6 Å². The Labute approximate surface area is 272 Å². The van der Waals surface area contributed by atoms with Gasteiger partial charge in [-0.3, -0.25) is 4.90 Å². The van der Waals surface area contributed by atoms with E-state index >= 15 is 0 Å². The lowest BCUT2D eigenvalue weighted by Crippen LogP contribution is -2.25. The first-order valence-electron chi connectivity index (χ1n) is 14.9. The average Bonchev–Trinajstić information content (AvgIpc) is 3.72. The molecule has 14 heteroatoms. The van der Waals surface area contributed by atoms with E-state index in [0.29, 0.717) is 57.8 Å². The topological polar surface area (TPSA) is 133 Å². The molecule has 0 aliphatic carbocycles. The number of hydrogen-bond donors (Lipinski definition) is 2. The first kappa shape index (κ1) is 31.4. The summed E-state index contributed by atoms with van der Waals surface area (Å²) in [6, 6.07) is 16.0. The van der Waals surface area contributed by atoms with Crippen molar-refractivity contribution in [2.75, 3.05) is 49.7 Å². The molecule has 0 radical (unpaired) electrons. The molecule has 0 bridgehead atoms. The molecule has 1 fully saturated rings. The number of halogens is 1. The van der Waals surface area contributed by atoms with Gasteiger partial charge in [0.25, 0.3) is 0 Å². The first-order chi connectivity index (χ1) is 22.3. The van der Waals surface area contributed by atoms with Gasteiger partial charge in [-0.1, -0.05) is 29.8 Å². The number of aromatic nitrogens is 4. The van der Waals surface area contributed by atoms with Crippen molar-refractivity contribution in [3.63, 3.8) is 0 Å². The van der Waals surface area contributed by atoms with Gasteiger partial charge in [0.1, 0.15) is 28.9 Å². The molecular weight excluding hydrogens is 630 g/mol. The number of nitrogens with one attached hydrogen (secondary N) is 2. The van der Waals surface area contributed by atoms with Gasteiger partial charge in [-0.15, -0.1) is 0 Å². The van der Waals surface area contributed by atoms with E-state index in [4.69, 9.17) is 25.8 Å². The number of anilines is 4. The number of methoxy groups -OCH3 is 1. The Morgan fingerprint density at radius 2 is 1.78 bits per heavy atom. The molecule has 4 heterocycles. The zero-order chi connectivity index (χ0) is 32.1. The quantitative estimate of drug-likeness (QED) is 0.144. The van der Waals surface area contributed by atoms with E-state index in [0.717, 1.165) is 19.6 Å². The van der Waals surface area contributed by atoms with Crippen LogP contribution in [-0.4, -0.2) is 71.3 Å². The Morgan fingerprint density at radius 1 is 0.978 bits per heavy atom. The molecule has 1 aliphatic heterocycles. The van der Waals surface area contributed by atoms with Crippen LogP contribution in [0.5, 0.6) is 23.1 Å². The predicted octanol–water partition coefficient (Wildman–Crippen LogP) is 6.44. The first-order valence-corrected chi connectivity index (χ1v) is 16.9. The lowest BCUT2D eigenvalue weighted by atomic mass is 10.2. The molecule has 46 heavy (non-hydrogen) atoms. The third kappa shape index (κ3) is 7.11. The summed E-state index contributed by atoms with van der Waals surface area (Å²) in [4.78, 5) is 15.5. The summed E-state index contributed by atoms with van der Waals surface area (Å²) < 4.78 is 44.3. The van der Waals surface area contributed by atoms with Gasteiger partial charge in [0.15, 0.2) is 5.82 Å². The maximum Gasteiger partial charge on any atom is 0.238 e. The molecule has 0 atom stereocenters. The highest BCUT2D eigenvalue weighted by Crippen LogP contribution is 2.35. The van der Waals surface area contributed by atoms with Crippen LogP contribution in [-0.2, 0) is 10.0 Å². The number of ether oxygens (including phenoxy) is 3. The summed E-state index contributed by atoms with van der Waals surface area (Å²) in [5, 5.41) is 7.30. The number of likely N-dealkylation sites (tertiary alicyclic amines) is 1. The minimum Gasteiger partial charge on any atom is -0.494 e. The highest BCUT2D eigenvalue weighted by atomic mass is 35.5. The lowest BCUT2D eigenvalue weighted by Gasteiger charge is -2.15. The molecule has 0 unspecified atom stereocenters. The van der Waals surface area contributed by atoms with Gasteiger partial charge in [-0.25, -0.2) is 22.4 Å². The second-order valence-electron chi connectivity index (χ2n) is 10.6. The van der Waals surface area contributed by atoms with Crippen molar-refractivity contribution in [2.45, 2.75) is 19.8 Å². The van der Waals surface area contributed by atoms with E-state index in [1.54, 1.807) is 62.7 Å². The van der Waals surface area contributed by atoms with Crippen molar-refractivity contribution in [3.8, 4) is 23.1 Å². The van der Waals surface area contributed by atoms with E-state index in [2.05, 4.69) is 30.5 Å². The third-order valence-corrected chi connectivity index (χ3v) is 9.46. The van der Waals surface area contributed by atoms with Crippen molar-refractivity contribution >= 4 is 55.7 Å². The van der Waals surface area contributed by atoms with Gasteiger partial charge in [0, 0.05) is 36.5 Å². The molecule has 1 aliphatic rings. The van der Waals surface area contributed by atoms with Crippen LogP contribution in [0.1, 0.15) is 19.8 Å². The van der Waals surface area contributed by atoms with E-state index in [1.807, 2.05) is 12.1 Å². The van der Waals surface area contributed by atoms with E-state index in [9.17, 15) is 8.42 Å². The fourth-order valence-electron chi connectivity index (χ4n) is 5.18. The smallest absolute Gasteiger partial charge is 0.238 e. The standard InChI is InChI=1S/C32H34ClN7O5S/c1-3-46(41,42)40-21-27(24-8-4-5-9-28(24)40)36-31-25(33)20-35-32(38-31)37-26-11-10-22(18-29(26)43-2)45-23-12-13-34-30(19-23)44-17-16-39-14-6-7-15-39/h4-5,8-13,18-21H,3,6-7,14-17H2,1-2H3,(H2,35,36,37,38). The second-order valence-corrected chi connectivity index (χ2v) is 13.1. The summed E-state index contributed by atoms with van der Waals surface area (Å²) in [6.07, 6.45) is 7.12. The Balaban J connectivity index is 1.16. The van der Waals surface area contributed by atoms with Crippen molar-refractivity contribution in [1.29, 1.82) is 0 Å². The normalized spacial score (nSPS) is 13.5. The van der Waals surface area contributed by atoms with Crippen molar-refractivity contribution in [3.05, 3.63) is 78.2 Å². The molecule has 0 saturated carbocycles. The summed E-state index contributed by atoms with van der Waals surface area (Å²) in [5.74, 6) is 2.63. The number of rotatable bonds is 13. The molecule has 0 spiro atoms. The minimum absolute atomic E-state index is 0.0456. The number of fused-ring (bicyclic) bond motifs is 1. The number of benzene rings is 2. The fraction of sp³-hybridized carbons (Fsp3) is 0.281. The van der Waals surface area contributed by atoms with Crippen LogP contribution < -0.4 is 24.8 Å². The molecule has 240 valence electrons. The molecule has 0 amide bonds. The van der Waals surface area contributed by atoms with Gasteiger partial charge in [0.2, 0.25) is 21.9 Å². The van der Waals surface area contributed by atoms with Crippen LogP contribution in [0.15, 0.2) is 73.2 Å². The minimum atomic E-state index is -3.53. The molecule has 1 saturated heterocycles. The predicted molar refractivity (Wildman–Crippen MR) is 179 cm³/mol. The van der Waals surface area contributed by atoms with Crippen molar-refractivity contribution in [1.82, 2.24) is 23.8 Å². The zero-order valence-corrected chi connectivity index (χ0v) is 27.0. The second kappa shape index (κ2) is 13.8. The Bertz CT molecular complexity index is 1950. The Kier molecular flexibility index (Phi) is 9.43. The molecule has 2 N–H and O–H groups in total. The van der Waals surface area contributed by atoms with E-state index < -0.39 is 10.0 Å². The molecule has 12 nitrogen and oxygen atoms in total. The number of nitrogens with zero attached hydrogens (tertiary/aromatic N) is 5. The summed E-state index contributed by atoms with van der Waals surface area (Å²) in [7, 11) is -1.98. The van der Waals surface area contributed by atoms with Gasteiger partial charge < -0.3 is 24.8 Å². The Morgan fingerprint density at radius 3 is 2.59 bits per heavy atom. The highest BCUT2D eigenvalue weighted by Gasteiger charge is 2.19. The SMILES string of the molecule is CCS(=O)(=O)n1cc(Nc2nc(Nc3ccc(Oc4ccnc(OCCN5CCCC5)c4)cc3OC)ncc2Cl)c2ccccc21. The van der Waals surface area contributed by atoms with E-state index in [-0.39, 0.29) is 16.7 Å². The molecule has 6 rings (SSSR count). The maximum absolute atomic E-state index is 12.7. The Hall–Kier alpha value is -4.59. The van der Waals surface area contributed by atoms with Gasteiger partial charge in [-0.2, -0.15) is 4.98 Å². The monoisotopic (exact) mass is 663 g/mol. The molecular formula is C32H34ClN7O5S. The van der Waals surface area contributed by atoms with Gasteiger partial charge in [0.05, 0.1) is 36.0 Å². The summed E-state index contributed by atoms with van der Waals surface area (Å²) in [6.45, 7) is 5.29. The van der Waals surface area contributed by atoms with Crippen LogP contribution in [0, 0.1) is 0 Å². The summed E-state index contributed by atoms with van der Waals surface area (Å²) >= 11 is 6.45. The van der Waals surface area contributed by atoms with E-state index in [1.165, 1.54) is 29.2 Å².